The maximum Gasteiger partial charge on any atom is 0.189 e. The first-order valence-electron chi connectivity index (χ1n) is 10.3. The van der Waals surface area contributed by atoms with Crippen molar-refractivity contribution >= 4 is 34.3 Å². The van der Waals surface area contributed by atoms with Crippen molar-refractivity contribution in [1.29, 1.82) is 0 Å². The number of benzene rings is 2. The second-order valence-electron chi connectivity index (χ2n) is 7.49. The first-order chi connectivity index (χ1) is 16.2. The van der Waals surface area contributed by atoms with Gasteiger partial charge < -0.3 is 19.3 Å². The average molecular weight is 478 g/mol. The van der Waals surface area contributed by atoms with Crippen LogP contribution in [0.1, 0.15) is 12.7 Å². The first-order valence-corrected chi connectivity index (χ1v) is 12.0. The van der Waals surface area contributed by atoms with E-state index in [0.29, 0.717) is 34.0 Å². The van der Waals surface area contributed by atoms with Crippen molar-refractivity contribution in [3.8, 4) is 33.5 Å². The lowest BCUT2D eigenvalue weighted by Gasteiger charge is -2.07. The maximum absolute atomic E-state index is 6.12. The fraction of sp³-hybridized carbons (Fsp3) is 0.174. The van der Waals surface area contributed by atoms with Crippen molar-refractivity contribution in [2.45, 2.75) is 24.1 Å². The molecule has 5 aromatic rings. The number of rotatable bonds is 6. The highest BCUT2D eigenvalue weighted by Crippen LogP contribution is 2.38. The van der Waals surface area contributed by atoms with E-state index in [1.165, 1.54) is 11.5 Å². The van der Waals surface area contributed by atoms with E-state index in [1.54, 1.807) is 18.9 Å². The van der Waals surface area contributed by atoms with Crippen LogP contribution in [0.5, 0.6) is 11.5 Å². The number of nitrogens with zero attached hydrogens (tertiary/aromatic N) is 4. The van der Waals surface area contributed by atoms with Gasteiger partial charge in [0.05, 0.1) is 24.1 Å². The molecule has 1 N–H and O–H groups in total. The SMILES string of the molecule is COc1cc(OCc2nsc(-c3ccccc3)n2)c2cc(-c3cn4c(n3)SC(C)N4)oc2c1. The van der Waals surface area contributed by atoms with E-state index < -0.39 is 0 Å². The zero-order valence-electron chi connectivity index (χ0n) is 17.8. The fourth-order valence-electron chi connectivity index (χ4n) is 3.64. The summed E-state index contributed by atoms with van der Waals surface area (Å²) in [6.45, 7) is 2.33. The number of aromatic nitrogens is 4. The molecule has 1 atom stereocenters. The van der Waals surface area contributed by atoms with Crippen molar-refractivity contribution < 1.29 is 13.9 Å². The molecule has 6 rings (SSSR count). The lowest BCUT2D eigenvalue weighted by molar-refractivity contribution is 0.299. The van der Waals surface area contributed by atoms with Gasteiger partial charge in [-0.3, -0.25) is 0 Å². The molecule has 2 aromatic carbocycles. The Kier molecular flexibility index (Phi) is 4.96. The molecule has 166 valence electrons. The van der Waals surface area contributed by atoms with Crippen LogP contribution in [-0.2, 0) is 6.61 Å². The molecule has 10 heteroatoms. The Balaban J connectivity index is 1.28. The highest BCUT2D eigenvalue weighted by Gasteiger charge is 2.23. The highest BCUT2D eigenvalue weighted by molar-refractivity contribution is 8.00. The summed E-state index contributed by atoms with van der Waals surface area (Å²) >= 11 is 3.03. The first kappa shape index (κ1) is 20.1. The smallest absolute Gasteiger partial charge is 0.189 e. The summed E-state index contributed by atoms with van der Waals surface area (Å²) in [6, 6.07) is 15.6. The molecular weight excluding hydrogens is 458 g/mol. The zero-order valence-corrected chi connectivity index (χ0v) is 19.4. The summed E-state index contributed by atoms with van der Waals surface area (Å²) in [7, 11) is 1.62. The van der Waals surface area contributed by atoms with E-state index >= 15 is 0 Å². The number of thioether (sulfide) groups is 1. The molecule has 1 aliphatic heterocycles. The third kappa shape index (κ3) is 3.81. The van der Waals surface area contributed by atoms with Crippen molar-refractivity contribution in [1.82, 2.24) is 19.0 Å². The van der Waals surface area contributed by atoms with Gasteiger partial charge in [-0.15, -0.1) is 0 Å². The standard InChI is InChI=1S/C23H19N5O3S2/c1-13-26-28-11-17(24-23(28)32-13)20-10-16-18(8-15(29-2)9-19(16)31-20)30-12-21-25-22(33-27-21)14-6-4-3-5-7-14/h3-11,13,26H,12H2,1-2H3. The predicted molar refractivity (Wildman–Crippen MR) is 128 cm³/mol. The minimum absolute atomic E-state index is 0.239. The second kappa shape index (κ2) is 8.13. The summed E-state index contributed by atoms with van der Waals surface area (Å²) < 4.78 is 24.1. The van der Waals surface area contributed by atoms with E-state index in [2.05, 4.69) is 26.7 Å². The van der Waals surface area contributed by atoms with Crippen LogP contribution in [0, 0.1) is 0 Å². The summed E-state index contributed by atoms with van der Waals surface area (Å²) in [4.78, 5) is 9.29. The second-order valence-corrected chi connectivity index (χ2v) is 9.55. The maximum atomic E-state index is 6.12. The Morgan fingerprint density at radius 1 is 1.15 bits per heavy atom. The van der Waals surface area contributed by atoms with Crippen LogP contribution in [0.15, 0.2) is 64.3 Å². The molecule has 0 amide bonds. The number of methoxy groups -OCH3 is 1. The van der Waals surface area contributed by atoms with E-state index in [4.69, 9.17) is 13.9 Å². The number of hydrogen-bond donors (Lipinski definition) is 1. The largest absolute Gasteiger partial charge is 0.496 e. The monoisotopic (exact) mass is 477 g/mol. The molecule has 1 unspecified atom stereocenters. The Morgan fingerprint density at radius 3 is 2.85 bits per heavy atom. The molecule has 0 saturated heterocycles. The number of fused-ring (bicyclic) bond motifs is 2. The van der Waals surface area contributed by atoms with Gasteiger partial charge in [0.15, 0.2) is 16.7 Å². The van der Waals surface area contributed by atoms with Crippen LogP contribution >= 0.6 is 23.3 Å². The minimum Gasteiger partial charge on any atom is -0.496 e. The summed E-state index contributed by atoms with van der Waals surface area (Å²) in [5.41, 5.74) is 5.78. The Hall–Kier alpha value is -3.50. The number of ether oxygens (including phenoxy) is 2. The third-order valence-electron chi connectivity index (χ3n) is 5.18. The van der Waals surface area contributed by atoms with Gasteiger partial charge in [-0.1, -0.05) is 42.1 Å². The molecule has 33 heavy (non-hydrogen) atoms. The summed E-state index contributed by atoms with van der Waals surface area (Å²) in [5.74, 6) is 2.58. The van der Waals surface area contributed by atoms with Crippen LogP contribution < -0.4 is 14.9 Å². The lowest BCUT2D eigenvalue weighted by Crippen LogP contribution is -2.13. The topological polar surface area (TPSA) is 87.2 Å². The average Bonchev–Trinajstić information content (AvgIpc) is 3.60. The van der Waals surface area contributed by atoms with Crippen LogP contribution in [0.25, 0.3) is 33.0 Å². The van der Waals surface area contributed by atoms with Crippen LogP contribution in [0.3, 0.4) is 0 Å². The zero-order chi connectivity index (χ0) is 22.4. The minimum atomic E-state index is 0.239. The van der Waals surface area contributed by atoms with Crippen molar-refractivity contribution in [2.24, 2.45) is 0 Å². The van der Waals surface area contributed by atoms with Gasteiger partial charge in [0, 0.05) is 17.7 Å². The van der Waals surface area contributed by atoms with Gasteiger partial charge in [-0.25, -0.2) is 14.6 Å². The third-order valence-corrected chi connectivity index (χ3v) is 6.94. The molecule has 0 fully saturated rings. The quantitative estimate of drug-likeness (QED) is 0.348. The Bertz CT molecular complexity index is 1420. The number of imidazole rings is 1. The molecule has 0 bridgehead atoms. The number of furan rings is 1. The van der Waals surface area contributed by atoms with Crippen LogP contribution in [0.2, 0.25) is 0 Å². The molecule has 4 heterocycles. The number of hydrogen-bond acceptors (Lipinski definition) is 9. The van der Waals surface area contributed by atoms with Gasteiger partial charge in [-0.2, -0.15) is 4.37 Å². The molecule has 0 aliphatic carbocycles. The van der Waals surface area contributed by atoms with E-state index in [1.807, 2.05) is 59.4 Å². The van der Waals surface area contributed by atoms with E-state index in [9.17, 15) is 0 Å². The van der Waals surface area contributed by atoms with Crippen molar-refractivity contribution in [3.63, 3.8) is 0 Å². The van der Waals surface area contributed by atoms with Gasteiger partial charge in [0.1, 0.15) is 34.4 Å². The van der Waals surface area contributed by atoms with Gasteiger partial charge in [0.2, 0.25) is 0 Å². The molecule has 8 nitrogen and oxygen atoms in total. The van der Waals surface area contributed by atoms with Crippen molar-refractivity contribution in [2.75, 3.05) is 12.5 Å². The summed E-state index contributed by atoms with van der Waals surface area (Å²) in [5, 5.41) is 2.91. The molecule has 1 aliphatic rings. The molecule has 3 aromatic heterocycles. The highest BCUT2D eigenvalue weighted by atomic mass is 32.2. The van der Waals surface area contributed by atoms with Crippen LogP contribution in [-0.4, -0.2) is 31.5 Å². The molecule has 0 radical (unpaired) electrons. The van der Waals surface area contributed by atoms with Crippen molar-refractivity contribution in [3.05, 3.63) is 60.6 Å². The Morgan fingerprint density at radius 2 is 2.03 bits per heavy atom. The van der Waals surface area contributed by atoms with Gasteiger partial charge >= 0.3 is 0 Å². The predicted octanol–water partition coefficient (Wildman–Crippen LogP) is 5.40. The van der Waals surface area contributed by atoms with E-state index in [0.717, 1.165) is 26.8 Å². The van der Waals surface area contributed by atoms with Gasteiger partial charge in [0.25, 0.3) is 0 Å². The number of nitrogens with one attached hydrogen (secondary N) is 1. The lowest BCUT2D eigenvalue weighted by atomic mass is 10.2. The molecule has 0 spiro atoms. The summed E-state index contributed by atoms with van der Waals surface area (Å²) in [6.07, 6.45) is 1.94. The fourth-order valence-corrected chi connectivity index (χ4v) is 5.16. The molecular formula is C23H19N5O3S2. The Labute approximate surface area is 197 Å². The van der Waals surface area contributed by atoms with Gasteiger partial charge in [-0.05, 0) is 24.5 Å². The molecule has 0 saturated carbocycles. The van der Waals surface area contributed by atoms with Crippen LogP contribution in [0.4, 0.5) is 0 Å². The van der Waals surface area contributed by atoms with E-state index in [-0.39, 0.29) is 6.61 Å². The normalized spacial score (nSPS) is 14.9.